The summed E-state index contributed by atoms with van der Waals surface area (Å²) in [7, 11) is 0. The molecule has 0 atom stereocenters. The number of nitrogen functional groups attached to an aromatic ring is 1. The van der Waals surface area contributed by atoms with Gasteiger partial charge in [-0.25, -0.2) is 4.79 Å². The lowest BCUT2D eigenvalue weighted by atomic mass is 10.2. The van der Waals surface area contributed by atoms with Gasteiger partial charge < -0.3 is 15.8 Å². The van der Waals surface area contributed by atoms with Crippen LogP contribution in [-0.2, 0) is 0 Å². The lowest BCUT2D eigenvalue weighted by Crippen LogP contribution is -1.94. The maximum Gasteiger partial charge on any atom is 0.352 e. The van der Waals surface area contributed by atoms with Crippen molar-refractivity contribution in [2.75, 3.05) is 5.73 Å². The summed E-state index contributed by atoms with van der Waals surface area (Å²) in [6, 6.07) is 15.1. The Balaban J connectivity index is 1.92. The van der Waals surface area contributed by atoms with Crippen molar-refractivity contribution in [1.29, 1.82) is 0 Å². The van der Waals surface area contributed by atoms with Gasteiger partial charge in [-0.15, -0.1) is 0 Å². The first-order valence-corrected chi connectivity index (χ1v) is 6.83. The van der Waals surface area contributed by atoms with Gasteiger partial charge in [-0.05, 0) is 48.5 Å². The molecule has 100 valence electrons. The number of hydrogen-bond donors (Lipinski definition) is 3. The number of rotatable bonds is 3. The average molecular weight is 284 g/mol. The van der Waals surface area contributed by atoms with Crippen LogP contribution < -0.4 is 5.73 Å². The molecule has 1 aromatic heterocycles. The molecule has 5 heteroatoms. The Morgan fingerprint density at radius 1 is 1.05 bits per heavy atom. The summed E-state index contributed by atoms with van der Waals surface area (Å²) >= 11 is 1.61. The molecule has 0 unspecified atom stereocenters. The summed E-state index contributed by atoms with van der Waals surface area (Å²) in [5.41, 5.74) is 7.42. The number of carboxylic acids is 1. The maximum atomic E-state index is 10.9. The number of anilines is 1. The number of nitrogens with two attached hydrogens (primary N) is 1. The van der Waals surface area contributed by atoms with Crippen molar-refractivity contribution < 1.29 is 9.90 Å². The monoisotopic (exact) mass is 284 g/mol. The molecule has 20 heavy (non-hydrogen) atoms. The first-order chi connectivity index (χ1) is 9.61. The molecule has 2 aromatic carbocycles. The number of carboxylic acid groups (broad SMARTS) is 1. The van der Waals surface area contributed by atoms with Crippen molar-refractivity contribution in [3.05, 3.63) is 54.2 Å². The first kappa shape index (κ1) is 12.6. The predicted molar refractivity (Wildman–Crippen MR) is 80.2 cm³/mol. The molecule has 4 nitrogen and oxygen atoms in total. The van der Waals surface area contributed by atoms with E-state index in [2.05, 4.69) is 4.98 Å². The molecule has 0 fully saturated rings. The second-order valence-electron chi connectivity index (χ2n) is 4.41. The smallest absolute Gasteiger partial charge is 0.352 e. The van der Waals surface area contributed by atoms with Crippen LogP contribution in [0.2, 0.25) is 0 Å². The maximum absolute atomic E-state index is 10.9. The Hall–Kier alpha value is -2.40. The van der Waals surface area contributed by atoms with Crippen molar-refractivity contribution in [2.45, 2.75) is 9.79 Å². The van der Waals surface area contributed by atoms with E-state index in [9.17, 15) is 4.79 Å². The zero-order chi connectivity index (χ0) is 14.1. The number of aromatic nitrogens is 1. The molecule has 0 bridgehead atoms. The molecule has 0 radical (unpaired) electrons. The topological polar surface area (TPSA) is 79.1 Å². The fourth-order valence-corrected chi connectivity index (χ4v) is 2.83. The molecule has 4 N–H and O–H groups in total. The SMILES string of the molecule is Nc1ccc(Sc2ccc3[nH]c(C(=O)O)cc3c2)cc1. The summed E-state index contributed by atoms with van der Waals surface area (Å²) in [5, 5.41) is 9.86. The summed E-state index contributed by atoms with van der Waals surface area (Å²) in [6.07, 6.45) is 0. The van der Waals surface area contributed by atoms with Gasteiger partial charge in [0.05, 0.1) is 0 Å². The van der Waals surface area contributed by atoms with Crippen molar-refractivity contribution in [2.24, 2.45) is 0 Å². The lowest BCUT2D eigenvalue weighted by Gasteiger charge is -2.02. The van der Waals surface area contributed by atoms with E-state index < -0.39 is 5.97 Å². The second-order valence-corrected chi connectivity index (χ2v) is 5.56. The van der Waals surface area contributed by atoms with Gasteiger partial charge in [0.25, 0.3) is 0 Å². The van der Waals surface area contributed by atoms with Crippen molar-refractivity contribution >= 4 is 34.3 Å². The number of hydrogen-bond acceptors (Lipinski definition) is 3. The highest BCUT2D eigenvalue weighted by molar-refractivity contribution is 7.99. The Morgan fingerprint density at radius 2 is 1.75 bits per heavy atom. The van der Waals surface area contributed by atoms with E-state index in [1.807, 2.05) is 42.5 Å². The molecule has 0 aliphatic carbocycles. The van der Waals surface area contributed by atoms with Gasteiger partial charge in [0.2, 0.25) is 0 Å². The van der Waals surface area contributed by atoms with E-state index in [1.54, 1.807) is 17.8 Å². The van der Waals surface area contributed by atoms with Gasteiger partial charge in [0.15, 0.2) is 0 Å². The van der Waals surface area contributed by atoms with Gasteiger partial charge in [0, 0.05) is 26.4 Å². The van der Waals surface area contributed by atoms with Gasteiger partial charge in [0.1, 0.15) is 5.69 Å². The highest BCUT2D eigenvalue weighted by Gasteiger charge is 2.08. The molecule has 0 saturated heterocycles. The molecule has 3 rings (SSSR count). The van der Waals surface area contributed by atoms with Crippen LogP contribution in [-0.4, -0.2) is 16.1 Å². The molecule has 0 spiro atoms. The van der Waals surface area contributed by atoms with Crippen molar-refractivity contribution in [1.82, 2.24) is 4.98 Å². The van der Waals surface area contributed by atoms with Crippen LogP contribution in [0.15, 0.2) is 58.3 Å². The van der Waals surface area contributed by atoms with Crippen LogP contribution in [0.4, 0.5) is 5.69 Å². The molecule has 1 heterocycles. The fraction of sp³-hybridized carbons (Fsp3) is 0. The molecule has 0 amide bonds. The number of benzene rings is 2. The van der Waals surface area contributed by atoms with E-state index in [0.29, 0.717) is 0 Å². The molecule has 0 aliphatic rings. The van der Waals surface area contributed by atoms with E-state index in [-0.39, 0.29) is 5.69 Å². The summed E-state index contributed by atoms with van der Waals surface area (Å²) in [5.74, 6) is -0.950. The van der Waals surface area contributed by atoms with Crippen molar-refractivity contribution in [3.8, 4) is 0 Å². The van der Waals surface area contributed by atoms with Gasteiger partial charge in [-0.1, -0.05) is 11.8 Å². The molecule has 0 aliphatic heterocycles. The predicted octanol–water partition coefficient (Wildman–Crippen LogP) is 3.60. The Kier molecular flexibility index (Phi) is 3.12. The van der Waals surface area contributed by atoms with Crippen LogP contribution >= 0.6 is 11.8 Å². The van der Waals surface area contributed by atoms with Crippen LogP contribution in [0, 0.1) is 0 Å². The third kappa shape index (κ3) is 2.48. The molecular weight excluding hydrogens is 272 g/mol. The molecular formula is C15H12N2O2S. The average Bonchev–Trinajstić information content (AvgIpc) is 2.85. The minimum Gasteiger partial charge on any atom is -0.477 e. The highest BCUT2D eigenvalue weighted by atomic mass is 32.2. The molecule has 3 aromatic rings. The summed E-state index contributed by atoms with van der Waals surface area (Å²) < 4.78 is 0. The Bertz CT molecular complexity index is 778. The first-order valence-electron chi connectivity index (χ1n) is 6.01. The Morgan fingerprint density at radius 3 is 2.45 bits per heavy atom. The van der Waals surface area contributed by atoms with Crippen molar-refractivity contribution in [3.63, 3.8) is 0 Å². The van der Waals surface area contributed by atoms with Gasteiger partial charge in [-0.3, -0.25) is 0 Å². The van der Waals surface area contributed by atoms with E-state index in [0.717, 1.165) is 26.4 Å². The van der Waals surface area contributed by atoms with Crippen LogP contribution in [0.5, 0.6) is 0 Å². The number of aromatic carboxylic acids is 1. The second kappa shape index (κ2) is 4.94. The minimum absolute atomic E-state index is 0.203. The third-order valence-corrected chi connectivity index (χ3v) is 3.94. The highest BCUT2D eigenvalue weighted by Crippen LogP contribution is 2.30. The lowest BCUT2D eigenvalue weighted by molar-refractivity contribution is 0.0691. The number of fused-ring (bicyclic) bond motifs is 1. The summed E-state index contributed by atoms with van der Waals surface area (Å²) in [6.45, 7) is 0. The zero-order valence-corrected chi connectivity index (χ0v) is 11.3. The largest absolute Gasteiger partial charge is 0.477 e. The van der Waals surface area contributed by atoms with E-state index in [4.69, 9.17) is 10.8 Å². The van der Waals surface area contributed by atoms with Gasteiger partial charge in [-0.2, -0.15) is 0 Å². The normalized spacial score (nSPS) is 10.8. The third-order valence-electron chi connectivity index (χ3n) is 2.94. The number of carbonyl (C=O) groups is 1. The Labute approximate surface area is 119 Å². The fourth-order valence-electron chi connectivity index (χ4n) is 1.96. The molecule has 0 saturated carbocycles. The van der Waals surface area contributed by atoms with Gasteiger partial charge >= 0.3 is 5.97 Å². The quantitative estimate of drug-likeness (QED) is 0.642. The minimum atomic E-state index is -0.950. The number of aromatic amines is 1. The van der Waals surface area contributed by atoms with E-state index >= 15 is 0 Å². The van der Waals surface area contributed by atoms with E-state index in [1.165, 1.54) is 0 Å². The number of H-pyrrole nitrogens is 1. The zero-order valence-electron chi connectivity index (χ0n) is 10.5. The van der Waals surface area contributed by atoms with Crippen LogP contribution in [0.3, 0.4) is 0 Å². The standard InChI is InChI=1S/C15H12N2O2S/c16-10-1-3-11(4-2-10)20-12-5-6-13-9(7-12)8-14(17-13)15(18)19/h1-8,17H,16H2,(H,18,19). The van der Waals surface area contributed by atoms with Crippen LogP contribution in [0.25, 0.3) is 10.9 Å². The van der Waals surface area contributed by atoms with Crippen LogP contribution in [0.1, 0.15) is 10.5 Å². The number of nitrogens with one attached hydrogen (secondary N) is 1. The summed E-state index contributed by atoms with van der Waals surface area (Å²) in [4.78, 5) is 15.9.